The van der Waals surface area contributed by atoms with Gasteiger partial charge in [-0.2, -0.15) is 0 Å². The molecule has 0 spiro atoms. The molecule has 0 aromatic rings. The van der Waals surface area contributed by atoms with Crippen molar-refractivity contribution >= 4 is 11.7 Å². The lowest BCUT2D eigenvalue weighted by molar-refractivity contribution is -0.154. The van der Waals surface area contributed by atoms with E-state index in [-0.39, 0.29) is 36.6 Å². The van der Waals surface area contributed by atoms with Gasteiger partial charge in [-0.05, 0) is 18.4 Å². The number of carbonyl (C=O) groups is 2. The number of ketones is 1. The van der Waals surface area contributed by atoms with Crippen molar-refractivity contribution < 1.29 is 23.8 Å². The molecule has 2 rings (SSSR count). The minimum absolute atomic E-state index is 0.195. The van der Waals surface area contributed by atoms with Crippen LogP contribution >= 0.6 is 0 Å². The first-order valence-electron chi connectivity index (χ1n) is 6.86. The van der Waals surface area contributed by atoms with Gasteiger partial charge in [0.1, 0.15) is 18.5 Å². The first-order chi connectivity index (χ1) is 9.49. The molecule has 0 saturated carbocycles. The molecular weight excluding hydrogens is 265 g/mol. The van der Waals surface area contributed by atoms with Crippen molar-refractivity contribution in [3.63, 3.8) is 0 Å². The fourth-order valence-electron chi connectivity index (χ4n) is 3.01. The average Bonchev–Trinajstić information content (AvgIpc) is 2.71. The standard InChI is InChI=1S/C14H20FNO4/c1-3-14(8-15)9(2)11(7-17)13(20-14)16-5-4-10(18)6-12(16)19/h4-5,9,11,13,17H,3,6-8H2,1-2H3/t9-,11-,13+,14-/m0/s1. The van der Waals surface area contributed by atoms with Crippen molar-refractivity contribution in [2.24, 2.45) is 11.8 Å². The fraction of sp³-hybridized carbons (Fsp3) is 0.714. The van der Waals surface area contributed by atoms with Crippen LogP contribution in [0.15, 0.2) is 12.3 Å². The van der Waals surface area contributed by atoms with E-state index in [2.05, 4.69) is 0 Å². The van der Waals surface area contributed by atoms with E-state index in [1.807, 2.05) is 13.8 Å². The van der Waals surface area contributed by atoms with Crippen LogP contribution in [-0.4, -0.2) is 46.8 Å². The largest absolute Gasteiger partial charge is 0.396 e. The molecule has 6 heteroatoms. The molecule has 20 heavy (non-hydrogen) atoms. The summed E-state index contributed by atoms with van der Waals surface area (Å²) in [7, 11) is 0. The molecule has 1 fully saturated rings. The van der Waals surface area contributed by atoms with Gasteiger partial charge in [0.05, 0.1) is 13.0 Å². The number of amides is 1. The van der Waals surface area contributed by atoms with Crippen LogP contribution in [0, 0.1) is 11.8 Å². The third-order valence-electron chi connectivity index (χ3n) is 4.54. The Balaban J connectivity index is 2.29. The van der Waals surface area contributed by atoms with Gasteiger partial charge in [-0.25, -0.2) is 4.39 Å². The van der Waals surface area contributed by atoms with Crippen LogP contribution in [0.2, 0.25) is 0 Å². The lowest BCUT2D eigenvalue weighted by Gasteiger charge is -2.32. The van der Waals surface area contributed by atoms with E-state index in [1.165, 1.54) is 17.2 Å². The van der Waals surface area contributed by atoms with E-state index in [1.54, 1.807) is 0 Å². The number of nitrogens with zero attached hydrogens (tertiary/aromatic N) is 1. The van der Waals surface area contributed by atoms with Gasteiger partial charge in [-0.3, -0.25) is 14.5 Å². The molecule has 2 aliphatic heterocycles. The summed E-state index contributed by atoms with van der Waals surface area (Å²) in [5.41, 5.74) is -0.979. The third kappa shape index (κ3) is 2.27. The molecule has 0 unspecified atom stereocenters. The molecule has 1 amide bonds. The number of hydrogen-bond acceptors (Lipinski definition) is 4. The zero-order valence-corrected chi connectivity index (χ0v) is 11.7. The van der Waals surface area contributed by atoms with Crippen LogP contribution in [-0.2, 0) is 14.3 Å². The summed E-state index contributed by atoms with van der Waals surface area (Å²) in [5.74, 6) is -1.22. The molecule has 5 nitrogen and oxygen atoms in total. The smallest absolute Gasteiger partial charge is 0.236 e. The van der Waals surface area contributed by atoms with E-state index in [4.69, 9.17) is 4.74 Å². The van der Waals surface area contributed by atoms with E-state index < -0.39 is 18.5 Å². The van der Waals surface area contributed by atoms with Crippen molar-refractivity contribution in [3.05, 3.63) is 12.3 Å². The van der Waals surface area contributed by atoms with Crippen LogP contribution in [0.4, 0.5) is 4.39 Å². The number of halogens is 1. The molecule has 112 valence electrons. The summed E-state index contributed by atoms with van der Waals surface area (Å²) in [6.45, 7) is 2.79. The van der Waals surface area contributed by atoms with Crippen molar-refractivity contribution in [2.75, 3.05) is 13.3 Å². The summed E-state index contributed by atoms with van der Waals surface area (Å²) in [6, 6.07) is 0. The topological polar surface area (TPSA) is 66.8 Å². The highest BCUT2D eigenvalue weighted by molar-refractivity contribution is 6.06. The highest BCUT2D eigenvalue weighted by Gasteiger charge is 2.54. The van der Waals surface area contributed by atoms with Gasteiger partial charge >= 0.3 is 0 Å². The summed E-state index contributed by atoms with van der Waals surface area (Å²) in [6.07, 6.45) is 2.21. The van der Waals surface area contributed by atoms with Crippen LogP contribution in [0.25, 0.3) is 0 Å². The molecule has 1 N–H and O–H groups in total. The maximum Gasteiger partial charge on any atom is 0.236 e. The van der Waals surface area contributed by atoms with E-state index >= 15 is 0 Å². The van der Waals surface area contributed by atoms with Crippen molar-refractivity contribution in [1.82, 2.24) is 4.90 Å². The number of rotatable bonds is 4. The predicted molar refractivity (Wildman–Crippen MR) is 69.2 cm³/mol. The van der Waals surface area contributed by atoms with E-state index in [9.17, 15) is 19.1 Å². The summed E-state index contributed by atoms with van der Waals surface area (Å²) in [5, 5.41) is 9.57. The van der Waals surface area contributed by atoms with Crippen LogP contribution in [0.3, 0.4) is 0 Å². The zero-order valence-electron chi connectivity index (χ0n) is 11.7. The SMILES string of the molecule is CC[C@@]1(CF)O[C@@H](N2C=CC(=O)CC2=O)[C@@H](CO)[C@@H]1C. The second-order valence-electron chi connectivity index (χ2n) is 5.46. The van der Waals surface area contributed by atoms with Gasteiger partial charge in [-0.1, -0.05) is 13.8 Å². The number of alkyl halides is 1. The Morgan fingerprint density at radius 2 is 2.25 bits per heavy atom. The van der Waals surface area contributed by atoms with Gasteiger partial charge in [0, 0.05) is 12.1 Å². The Hall–Kier alpha value is -1.27. The van der Waals surface area contributed by atoms with Gasteiger partial charge in [-0.15, -0.1) is 0 Å². The second kappa shape index (κ2) is 5.61. The number of allylic oxidation sites excluding steroid dienone is 1. The van der Waals surface area contributed by atoms with Crippen molar-refractivity contribution in [1.29, 1.82) is 0 Å². The maximum absolute atomic E-state index is 13.4. The number of aliphatic hydroxyl groups excluding tert-OH is 1. The van der Waals surface area contributed by atoms with Gasteiger partial charge < -0.3 is 9.84 Å². The molecule has 0 bridgehead atoms. The molecule has 0 aliphatic carbocycles. The van der Waals surface area contributed by atoms with E-state index in [0.29, 0.717) is 6.42 Å². The Morgan fingerprint density at radius 1 is 1.55 bits per heavy atom. The minimum Gasteiger partial charge on any atom is -0.396 e. The lowest BCUT2D eigenvalue weighted by atomic mass is 9.81. The Bertz CT molecular complexity index is 433. The lowest BCUT2D eigenvalue weighted by Crippen LogP contribution is -2.44. The second-order valence-corrected chi connectivity index (χ2v) is 5.46. The number of hydrogen-bond donors (Lipinski definition) is 1. The minimum atomic E-state index is -0.979. The molecular formula is C14H20FNO4. The Morgan fingerprint density at radius 3 is 2.75 bits per heavy atom. The molecule has 0 radical (unpaired) electrons. The molecule has 0 aromatic heterocycles. The highest BCUT2D eigenvalue weighted by atomic mass is 19.1. The normalized spacial score (nSPS) is 37.8. The van der Waals surface area contributed by atoms with Crippen molar-refractivity contribution in [2.45, 2.75) is 38.5 Å². The van der Waals surface area contributed by atoms with Gasteiger partial charge in [0.15, 0.2) is 5.78 Å². The fourth-order valence-corrected chi connectivity index (χ4v) is 3.01. The Labute approximate surface area is 117 Å². The number of aliphatic hydroxyl groups is 1. The predicted octanol–water partition coefficient (Wildman–Crippen LogP) is 1.02. The van der Waals surface area contributed by atoms with Crippen LogP contribution in [0.5, 0.6) is 0 Å². The molecule has 4 atom stereocenters. The van der Waals surface area contributed by atoms with Crippen molar-refractivity contribution in [3.8, 4) is 0 Å². The highest BCUT2D eigenvalue weighted by Crippen LogP contribution is 2.44. The zero-order chi connectivity index (χ0) is 14.9. The first-order valence-corrected chi connectivity index (χ1v) is 6.86. The quantitative estimate of drug-likeness (QED) is 0.783. The first kappa shape index (κ1) is 15.1. The number of carbonyl (C=O) groups excluding carboxylic acids is 2. The van der Waals surface area contributed by atoms with Gasteiger partial charge in [0.2, 0.25) is 5.91 Å². The van der Waals surface area contributed by atoms with Crippen LogP contribution < -0.4 is 0 Å². The average molecular weight is 285 g/mol. The van der Waals surface area contributed by atoms with Crippen LogP contribution in [0.1, 0.15) is 26.7 Å². The third-order valence-corrected chi connectivity index (χ3v) is 4.54. The Kier molecular flexibility index (Phi) is 4.25. The summed E-state index contributed by atoms with van der Waals surface area (Å²) in [4.78, 5) is 24.5. The molecule has 0 aromatic carbocycles. The molecule has 2 aliphatic rings. The summed E-state index contributed by atoms with van der Waals surface area (Å²) < 4.78 is 19.2. The molecule has 1 saturated heterocycles. The van der Waals surface area contributed by atoms with E-state index in [0.717, 1.165) is 0 Å². The number of ether oxygens (including phenoxy) is 1. The molecule has 2 heterocycles. The summed E-state index contributed by atoms with van der Waals surface area (Å²) >= 11 is 0. The monoisotopic (exact) mass is 285 g/mol. The van der Waals surface area contributed by atoms with Gasteiger partial charge in [0.25, 0.3) is 0 Å². The maximum atomic E-state index is 13.4.